The van der Waals surface area contributed by atoms with E-state index < -0.39 is 0 Å². The van der Waals surface area contributed by atoms with E-state index in [9.17, 15) is 9.59 Å². The Balaban J connectivity index is 1.76. The fourth-order valence-electron chi connectivity index (χ4n) is 3.18. The number of aryl methyl sites for hydroxylation is 1. The first kappa shape index (κ1) is 18.1. The van der Waals surface area contributed by atoms with E-state index in [0.29, 0.717) is 37.5 Å². The minimum absolute atomic E-state index is 0.0125. The normalized spacial score (nSPS) is 16.3. The van der Waals surface area contributed by atoms with Crippen molar-refractivity contribution < 1.29 is 14.3 Å². The number of benzene rings is 1. The third-order valence-electron chi connectivity index (χ3n) is 4.58. The highest BCUT2D eigenvalue weighted by Gasteiger charge is 2.31. The fourth-order valence-corrected chi connectivity index (χ4v) is 3.18. The minimum atomic E-state index is -0.229. The molecule has 1 unspecified atom stereocenters. The van der Waals surface area contributed by atoms with Crippen molar-refractivity contribution in [1.29, 1.82) is 0 Å². The van der Waals surface area contributed by atoms with Crippen molar-refractivity contribution in [3.63, 3.8) is 0 Å². The Morgan fingerprint density at radius 1 is 1.35 bits per heavy atom. The standard InChI is InChI=1S/C19H24N4O3/c1-13-5-4-6-15(11-13)19(25)23-9-8-22-12-16(21-17(22)14(23)2)18(24)20-7-10-26-3/h4-6,11-12,14H,7-10H2,1-3H3,(H,20,24). The Bertz CT molecular complexity index is 815. The van der Waals surface area contributed by atoms with Crippen LogP contribution < -0.4 is 5.32 Å². The zero-order chi connectivity index (χ0) is 18.7. The number of ether oxygens (including phenoxy) is 1. The van der Waals surface area contributed by atoms with Crippen molar-refractivity contribution in [3.8, 4) is 0 Å². The summed E-state index contributed by atoms with van der Waals surface area (Å²) in [5.41, 5.74) is 2.10. The van der Waals surface area contributed by atoms with Gasteiger partial charge in [-0.3, -0.25) is 9.59 Å². The lowest BCUT2D eigenvalue weighted by Crippen LogP contribution is -2.41. The molecular formula is C19H24N4O3. The fraction of sp³-hybridized carbons (Fsp3) is 0.421. The van der Waals surface area contributed by atoms with Crippen molar-refractivity contribution in [3.05, 3.63) is 53.1 Å². The van der Waals surface area contributed by atoms with Crippen LogP contribution >= 0.6 is 0 Å². The summed E-state index contributed by atoms with van der Waals surface area (Å²) in [4.78, 5) is 31.4. The van der Waals surface area contributed by atoms with E-state index in [2.05, 4.69) is 10.3 Å². The van der Waals surface area contributed by atoms with Gasteiger partial charge in [-0.25, -0.2) is 4.98 Å². The Morgan fingerprint density at radius 3 is 2.88 bits per heavy atom. The summed E-state index contributed by atoms with van der Waals surface area (Å²) in [6, 6.07) is 7.39. The Hall–Kier alpha value is -2.67. The largest absolute Gasteiger partial charge is 0.383 e. The van der Waals surface area contributed by atoms with Crippen LogP contribution in [0, 0.1) is 6.92 Å². The smallest absolute Gasteiger partial charge is 0.271 e. The molecule has 1 aliphatic heterocycles. The summed E-state index contributed by atoms with van der Waals surface area (Å²) in [6.45, 7) is 6.01. The predicted octanol–water partition coefficient (Wildman–Crippen LogP) is 1.78. The van der Waals surface area contributed by atoms with Crippen molar-refractivity contribution in [1.82, 2.24) is 19.8 Å². The first-order valence-electron chi connectivity index (χ1n) is 8.73. The molecule has 0 saturated heterocycles. The van der Waals surface area contributed by atoms with E-state index in [1.54, 1.807) is 13.3 Å². The van der Waals surface area contributed by atoms with Crippen molar-refractivity contribution in [2.45, 2.75) is 26.4 Å². The molecule has 7 nitrogen and oxygen atoms in total. The van der Waals surface area contributed by atoms with Crippen LogP contribution in [0.25, 0.3) is 0 Å². The molecule has 7 heteroatoms. The average molecular weight is 356 g/mol. The summed E-state index contributed by atoms with van der Waals surface area (Å²) < 4.78 is 6.89. The lowest BCUT2D eigenvalue weighted by atomic mass is 10.1. The number of imidazole rings is 1. The SMILES string of the molecule is COCCNC(=O)c1cn2c(n1)C(C)N(C(=O)c1cccc(C)c1)CC2. The molecule has 3 rings (SSSR count). The molecule has 1 atom stereocenters. The van der Waals surface area contributed by atoms with Gasteiger partial charge in [-0.1, -0.05) is 17.7 Å². The zero-order valence-electron chi connectivity index (χ0n) is 15.4. The van der Waals surface area contributed by atoms with Crippen LogP contribution in [0.2, 0.25) is 0 Å². The Kier molecular flexibility index (Phi) is 5.37. The van der Waals surface area contributed by atoms with Gasteiger partial charge in [-0.05, 0) is 26.0 Å². The molecular weight excluding hydrogens is 332 g/mol. The number of amides is 2. The molecule has 2 aromatic rings. The van der Waals surface area contributed by atoms with E-state index in [4.69, 9.17) is 4.74 Å². The summed E-state index contributed by atoms with van der Waals surface area (Å²) in [7, 11) is 1.59. The predicted molar refractivity (Wildman–Crippen MR) is 97.1 cm³/mol. The molecule has 0 fully saturated rings. The summed E-state index contributed by atoms with van der Waals surface area (Å²) in [6.07, 6.45) is 1.75. The molecule has 0 saturated carbocycles. The number of methoxy groups -OCH3 is 1. The molecule has 138 valence electrons. The van der Waals surface area contributed by atoms with E-state index in [-0.39, 0.29) is 17.9 Å². The van der Waals surface area contributed by atoms with Gasteiger partial charge >= 0.3 is 0 Å². The zero-order valence-corrected chi connectivity index (χ0v) is 15.4. The maximum absolute atomic E-state index is 12.9. The number of rotatable bonds is 5. The second-order valence-corrected chi connectivity index (χ2v) is 6.47. The van der Waals surface area contributed by atoms with Crippen LogP contribution in [-0.4, -0.2) is 53.1 Å². The summed E-state index contributed by atoms with van der Waals surface area (Å²) >= 11 is 0. The molecule has 0 bridgehead atoms. The number of hydrogen-bond acceptors (Lipinski definition) is 4. The second kappa shape index (κ2) is 7.70. The van der Waals surface area contributed by atoms with Crippen molar-refractivity contribution >= 4 is 11.8 Å². The van der Waals surface area contributed by atoms with Gasteiger partial charge < -0.3 is 19.5 Å². The van der Waals surface area contributed by atoms with Crippen molar-refractivity contribution in [2.75, 3.05) is 26.8 Å². The number of aromatic nitrogens is 2. The first-order chi connectivity index (χ1) is 12.5. The van der Waals surface area contributed by atoms with Gasteiger partial charge in [0.15, 0.2) is 0 Å². The lowest BCUT2D eigenvalue weighted by molar-refractivity contribution is 0.0637. The molecule has 2 amide bonds. The van der Waals surface area contributed by atoms with Gasteiger partial charge in [0.25, 0.3) is 11.8 Å². The average Bonchev–Trinajstić information content (AvgIpc) is 3.07. The number of nitrogens with one attached hydrogen (secondary N) is 1. The third-order valence-corrected chi connectivity index (χ3v) is 4.58. The Labute approximate surface area is 153 Å². The molecule has 0 spiro atoms. The van der Waals surface area contributed by atoms with Gasteiger partial charge in [0, 0.05) is 38.5 Å². The highest BCUT2D eigenvalue weighted by molar-refractivity contribution is 5.95. The number of fused-ring (bicyclic) bond motifs is 1. The van der Waals surface area contributed by atoms with Crippen LogP contribution in [-0.2, 0) is 11.3 Å². The van der Waals surface area contributed by atoms with Crippen LogP contribution in [0.1, 0.15) is 45.2 Å². The molecule has 26 heavy (non-hydrogen) atoms. The van der Waals surface area contributed by atoms with E-state index in [1.807, 2.05) is 47.6 Å². The molecule has 2 heterocycles. The maximum atomic E-state index is 12.9. The van der Waals surface area contributed by atoms with Crippen molar-refractivity contribution in [2.24, 2.45) is 0 Å². The first-order valence-corrected chi connectivity index (χ1v) is 8.73. The third kappa shape index (κ3) is 3.62. The van der Waals surface area contributed by atoms with Crippen LogP contribution in [0.3, 0.4) is 0 Å². The van der Waals surface area contributed by atoms with Gasteiger partial charge in [0.05, 0.1) is 12.6 Å². The molecule has 0 radical (unpaired) electrons. The monoisotopic (exact) mass is 356 g/mol. The molecule has 1 aromatic heterocycles. The van der Waals surface area contributed by atoms with Crippen LogP contribution in [0.4, 0.5) is 0 Å². The topological polar surface area (TPSA) is 76.5 Å². The number of carbonyl (C=O) groups excluding carboxylic acids is 2. The molecule has 1 aliphatic rings. The summed E-state index contributed by atoms with van der Waals surface area (Å²) in [5.74, 6) is 0.489. The molecule has 1 N–H and O–H groups in total. The van der Waals surface area contributed by atoms with Crippen LogP contribution in [0.15, 0.2) is 30.5 Å². The highest BCUT2D eigenvalue weighted by Crippen LogP contribution is 2.26. The maximum Gasteiger partial charge on any atom is 0.271 e. The Morgan fingerprint density at radius 2 is 2.15 bits per heavy atom. The van der Waals surface area contributed by atoms with Gasteiger partial charge in [-0.15, -0.1) is 0 Å². The van der Waals surface area contributed by atoms with E-state index in [0.717, 1.165) is 11.4 Å². The minimum Gasteiger partial charge on any atom is -0.383 e. The number of carbonyl (C=O) groups is 2. The van der Waals surface area contributed by atoms with Gasteiger partial charge in [0.2, 0.25) is 0 Å². The molecule has 0 aliphatic carbocycles. The quantitative estimate of drug-likeness (QED) is 0.829. The number of hydrogen-bond donors (Lipinski definition) is 1. The molecule has 1 aromatic carbocycles. The summed E-state index contributed by atoms with van der Waals surface area (Å²) in [5, 5.41) is 2.77. The highest BCUT2D eigenvalue weighted by atomic mass is 16.5. The van der Waals surface area contributed by atoms with Gasteiger partial charge in [0.1, 0.15) is 11.5 Å². The number of nitrogens with zero attached hydrogens (tertiary/aromatic N) is 3. The lowest BCUT2D eigenvalue weighted by Gasteiger charge is -2.33. The van der Waals surface area contributed by atoms with Crippen LogP contribution in [0.5, 0.6) is 0 Å². The van der Waals surface area contributed by atoms with Gasteiger partial charge in [-0.2, -0.15) is 0 Å². The second-order valence-electron chi connectivity index (χ2n) is 6.47. The van der Waals surface area contributed by atoms with E-state index in [1.165, 1.54) is 0 Å². The van der Waals surface area contributed by atoms with E-state index >= 15 is 0 Å².